The number of anilines is 2. The molecule has 2 N–H and O–H groups in total. The second kappa shape index (κ2) is 6.66. The minimum atomic E-state index is -1.04. The molecule has 1 saturated heterocycles. The van der Waals surface area contributed by atoms with Crippen LogP contribution in [0.2, 0.25) is 0 Å². The summed E-state index contributed by atoms with van der Waals surface area (Å²) in [4.78, 5) is 50.4. The Balaban J connectivity index is 1.31. The Morgan fingerprint density at radius 3 is 1.90 bits per heavy atom. The SMILES string of the molecule is O=C(O)c1ccc(NC(=O)c2ccc(N3C(=O)[C@@H]4[C@@H](C3=O)[C@H]3C=C[C@@H]4C3)cc2)cc1. The van der Waals surface area contributed by atoms with Crippen LogP contribution in [0, 0.1) is 23.7 Å². The summed E-state index contributed by atoms with van der Waals surface area (Å²) in [7, 11) is 0. The lowest BCUT2D eigenvalue weighted by molar-refractivity contribution is -0.123. The summed E-state index contributed by atoms with van der Waals surface area (Å²) in [5.74, 6) is -1.94. The molecule has 7 nitrogen and oxygen atoms in total. The molecule has 5 rings (SSSR count). The van der Waals surface area contributed by atoms with Gasteiger partial charge in [0.1, 0.15) is 0 Å². The van der Waals surface area contributed by atoms with Gasteiger partial charge in [-0.3, -0.25) is 19.3 Å². The van der Waals surface area contributed by atoms with Crippen molar-refractivity contribution in [1.29, 1.82) is 0 Å². The number of carbonyl (C=O) groups excluding carboxylic acids is 3. The maximum atomic E-state index is 12.9. The highest BCUT2D eigenvalue weighted by Gasteiger charge is 2.59. The highest BCUT2D eigenvalue weighted by Crippen LogP contribution is 2.53. The van der Waals surface area contributed by atoms with Gasteiger partial charge in [-0.1, -0.05) is 12.2 Å². The van der Waals surface area contributed by atoms with Crippen LogP contribution in [0.25, 0.3) is 0 Å². The summed E-state index contributed by atoms with van der Waals surface area (Å²) >= 11 is 0. The van der Waals surface area contributed by atoms with Crippen molar-refractivity contribution >= 4 is 35.1 Å². The zero-order valence-corrected chi connectivity index (χ0v) is 15.8. The van der Waals surface area contributed by atoms with Crippen LogP contribution < -0.4 is 10.2 Å². The van der Waals surface area contributed by atoms with Gasteiger partial charge in [0.25, 0.3) is 5.91 Å². The van der Waals surface area contributed by atoms with Crippen LogP contribution in [0.4, 0.5) is 11.4 Å². The van der Waals surface area contributed by atoms with Crippen LogP contribution in [-0.2, 0) is 9.59 Å². The van der Waals surface area contributed by atoms with Crippen LogP contribution in [0.15, 0.2) is 60.7 Å². The Morgan fingerprint density at radius 1 is 0.833 bits per heavy atom. The van der Waals surface area contributed by atoms with Crippen LogP contribution in [-0.4, -0.2) is 28.8 Å². The summed E-state index contributed by atoms with van der Waals surface area (Å²) in [6, 6.07) is 12.2. The maximum absolute atomic E-state index is 12.9. The Morgan fingerprint density at radius 2 is 1.37 bits per heavy atom. The topological polar surface area (TPSA) is 104 Å². The van der Waals surface area contributed by atoms with Crippen molar-refractivity contribution in [2.75, 3.05) is 10.2 Å². The van der Waals surface area contributed by atoms with Crippen molar-refractivity contribution in [2.24, 2.45) is 23.7 Å². The molecule has 1 heterocycles. The number of hydrogen-bond acceptors (Lipinski definition) is 4. The summed E-state index contributed by atoms with van der Waals surface area (Å²) in [5, 5.41) is 11.6. The molecule has 2 fully saturated rings. The summed E-state index contributed by atoms with van der Waals surface area (Å²) in [6.45, 7) is 0. The van der Waals surface area contributed by atoms with E-state index in [1.807, 2.05) is 0 Å². The van der Waals surface area contributed by atoms with Gasteiger partial charge in [-0.05, 0) is 66.8 Å². The zero-order chi connectivity index (χ0) is 21.0. The molecule has 0 unspecified atom stereocenters. The fraction of sp³-hybridized carbons (Fsp3) is 0.217. The number of nitrogens with zero attached hydrogens (tertiary/aromatic N) is 1. The molecule has 150 valence electrons. The Kier molecular flexibility index (Phi) is 4.06. The quantitative estimate of drug-likeness (QED) is 0.605. The van der Waals surface area contributed by atoms with Gasteiger partial charge < -0.3 is 10.4 Å². The molecule has 1 aliphatic heterocycles. The molecule has 30 heavy (non-hydrogen) atoms. The van der Waals surface area contributed by atoms with E-state index in [0.717, 1.165) is 6.42 Å². The lowest BCUT2D eigenvalue weighted by atomic mass is 9.85. The second-order valence-electron chi connectivity index (χ2n) is 7.90. The van der Waals surface area contributed by atoms with Crippen LogP contribution >= 0.6 is 0 Å². The van der Waals surface area contributed by atoms with E-state index in [2.05, 4.69) is 17.5 Å². The van der Waals surface area contributed by atoms with E-state index in [1.54, 1.807) is 24.3 Å². The van der Waals surface area contributed by atoms with Gasteiger partial charge in [0, 0.05) is 11.3 Å². The third kappa shape index (κ3) is 2.74. The number of carboxylic acid groups (broad SMARTS) is 1. The number of amides is 3. The number of fused-ring (bicyclic) bond motifs is 5. The average molecular weight is 402 g/mol. The molecule has 0 aromatic heterocycles. The summed E-state index contributed by atoms with van der Waals surface area (Å²) < 4.78 is 0. The molecule has 2 bridgehead atoms. The normalized spacial score (nSPS) is 26.2. The van der Waals surface area contributed by atoms with Crippen molar-refractivity contribution in [1.82, 2.24) is 0 Å². The fourth-order valence-electron chi connectivity index (χ4n) is 4.82. The van der Waals surface area contributed by atoms with Crippen molar-refractivity contribution in [3.63, 3.8) is 0 Å². The van der Waals surface area contributed by atoms with Gasteiger partial charge in [0.15, 0.2) is 0 Å². The van der Waals surface area contributed by atoms with Crippen LogP contribution in [0.5, 0.6) is 0 Å². The number of hydrogen-bond donors (Lipinski definition) is 2. The summed E-state index contributed by atoms with van der Waals surface area (Å²) in [5.41, 5.74) is 1.43. The standard InChI is InChI=1S/C23H18N2O5/c26-20(24-16-7-3-13(4-8-16)23(29)30)12-5-9-17(10-6-12)25-21(27)18-14-1-2-15(11-14)19(18)22(25)28/h1-10,14-15,18-19H,11H2,(H,24,26)(H,29,30)/t14-,15+,18-,19-/m0/s1. The first-order chi connectivity index (χ1) is 14.4. The third-order valence-electron chi connectivity index (χ3n) is 6.25. The molecular formula is C23H18N2O5. The lowest BCUT2D eigenvalue weighted by Gasteiger charge is -2.17. The van der Waals surface area contributed by atoms with Gasteiger partial charge in [-0.2, -0.15) is 0 Å². The average Bonchev–Trinajstić information content (AvgIpc) is 3.42. The highest BCUT2D eigenvalue weighted by molar-refractivity contribution is 6.23. The smallest absolute Gasteiger partial charge is 0.335 e. The number of benzene rings is 2. The van der Waals surface area contributed by atoms with Crippen molar-refractivity contribution in [3.8, 4) is 0 Å². The largest absolute Gasteiger partial charge is 0.478 e. The molecule has 1 saturated carbocycles. The van der Waals surface area contributed by atoms with E-state index in [0.29, 0.717) is 16.9 Å². The second-order valence-corrected chi connectivity index (χ2v) is 7.90. The summed E-state index contributed by atoms with van der Waals surface area (Å²) in [6.07, 6.45) is 4.99. The molecule has 4 atom stereocenters. The first-order valence-electron chi connectivity index (χ1n) is 9.75. The molecule has 2 aromatic carbocycles. The van der Waals surface area contributed by atoms with Crippen molar-refractivity contribution in [3.05, 3.63) is 71.8 Å². The lowest BCUT2D eigenvalue weighted by Crippen LogP contribution is -2.32. The molecule has 0 radical (unpaired) electrons. The molecule has 2 aliphatic carbocycles. The number of imide groups is 1. The van der Waals surface area contributed by atoms with Gasteiger partial charge in [-0.15, -0.1) is 0 Å². The van der Waals surface area contributed by atoms with E-state index < -0.39 is 5.97 Å². The highest BCUT2D eigenvalue weighted by atomic mass is 16.4. The number of rotatable bonds is 4. The predicted octanol–water partition coefficient (Wildman–Crippen LogP) is 2.95. The number of carbonyl (C=O) groups is 4. The Hall–Kier alpha value is -3.74. The number of allylic oxidation sites excluding steroid dienone is 2. The van der Waals surface area contributed by atoms with Crippen molar-refractivity contribution < 1.29 is 24.3 Å². The van der Waals surface area contributed by atoms with E-state index in [-0.39, 0.29) is 47.0 Å². The molecule has 2 aromatic rings. The Labute approximate surface area is 172 Å². The number of nitrogens with one attached hydrogen (secondary N) is 1. The molecule has 0 spiro atoms. The monoisotopic (exact) mass is 402 g/mol. The minimum Gasteiger partial charge on any atom is -0.478 e. The van der Waals surface area contributed by atoms with Gasteiger partial charge >= 0.3 is 5.97 Å². The van der Waals surface area contributed by atoms with Crippen molar-refractivity contribution in [2.45, 2.75) is 6.42 Å². The molecular weight excluding hydrogens is 384 g/mol. The number of aromatic carboxylic acids is 1. The van der Waals surface area contributed by atoms with E-state index in [1.165, 1.54) is 29.2 Å². The minimum absolute atomic E-state index is 0.130. The maximum Gasteiger partial charge on any atom is 0.335 e. The number of carboxylic acids is 1. The molecule has 3 aliphatic rings. The fourth-order valence-corrected chi connectivity index (χ4v) is 4.82. The third-order valence-corrected chi connectivity index (χ3v) is 6.25. The van der Waals surface area contributed by atoms with E-state index in [9.17, 15) is 19.2 Å². The Bertz CT molecular complexity index is 1070. The van der Waals surface area contributed by atoms with Gasteiger partial charge in [-0.25, -0.2) is 4.79 Å². The van der Waals surface area contributed by atoms with E-state index in [4.69, 9.17) is 5.11 Å². The predicted molar refractivity (Wildman–Crippen MR) is 108 cm³/mol. The van der Waals surface area contributed by atoms with Crippen LogP contribution in [0.1, 0.15) is 27.1 Å². The zero-order valence-electron chi connectivity index (χ0n) is 15.8. The molecule has 3 amide bonds. The van der Waals surface area contributed by atoms with Gasteiger partial charge in [0.2, 0.25) is 11.8 Å². The first kappa shape index (κ1) is 18.3. The first-order valence-corrected chi connectivity index (χ1v) is 9.75. The van der Waals surface area contributed by atoms with E-state index >= 15 is 0 Å². The van der Waals surface area contributed by atoms with Gasteiger partial charge in [0.05, 0.1) is 23.1 Å². The molecule has 7 heteroatoms. The van der Waals surface area contributed by atoms with Crippen LogP contribution in [0.3, 0.4) is 0 Å².